The van der Waals surface area contributed by atoms with Crippen molar-refractivity contribution in [1.82, 2.24) is 0 Å². The average molecular weight is 472 g/mol. The summed E-state index contributed by atoms with van der Waals surface area (Å²) in [6, 6.07) is 2.16. The van der Waals surface area contributed by atoms with Crippen LogP contribution in [0.5, 0.6) is 11.5 Å². The number of nitrogens with one attached hydrogen (secondary N) is 1. The second-order valence-electron chi connectivity index (χ2n) is 10.8. The van der Waals surface area contributed by atoms with Gasteiger partial charge in [0, 0.05) is 18.9 Å². The number of anilines is 1. The van der Waals surface area contributed by atoms with Crippen LogP contribution in [-0.2, 0) is 14.3 Å². The van der Waals surface area contributed by atoms with Crippen LogP contribution in [0.3, 0.4) is 0 Å². The summed E-state index contributed by atoms with van der Waals surface area (Å²) in [5, 5.41) is 31.9. The number of phenols is 2. The lowest BCUT2D eigenvalue weighted by Gasteiger charge is -2.53. The van der Waals surface area contributed by atoms with Crippen LogP contribution in [0.15, 0.2) is 24.3 Å². The smallest absolute Gasteiger partial charge is 0.339 e. The minimum Gasteiger partial charge on any atom is -0.506 e. The molecule has 1 amide bonds. The first-order valence-corrected chi connectivity index (χ1v) is 11.7. The van der Waals surface area contributed by atoms with Gasteiger partial charge in [-0.15, -0.1) is 0 Å². The summed E-state index contributed by atoms with van der Waals surface area (Å²) in [5.41, 5.74) is -1.92. The number of aromatic carboxylic acids is 1. The molecule has 0 aromatic heterocycles. The highest BCUT2D eigenvalue weighted by atomic mass is 16.5. The molecule has 8 nitrogen and oxygen atoms in total. The zero-order valence-corrected chi connectivity index (χ0v) is 20.1. The fourth-order valence-corrected chi connectivity index (χ4v) is 7.31. The van der Waals surface area contributed by atoms with Crippen molar-refractivity contribution >= 4 is 23.3 Å². The van der Waals surface area contributed by atoms with Crippen molar-refractivity contribution < 1.29 is 34.4 Å². The number of amides is 1. The molecular formula is C26H33NO7. The lowest BCUT2D eigenvalue weighted by atomic mass is 9.49. The summed E-state index contributed by atoms with van der Waals surface area (Å²) >= 11 is 0. The maximum Gasteiger partial charge on any atom is 0.339 e. The van der Waals surface area contributed by atoms with Gasteiger partial charge in [0.2, 0.25) is 5.91 Å². The van der Waals surface area contributed by atoms with Crippen molar-refractivity contribution in [2.45, 2.75) is 58.5 Å². The van der Waals surface area contributed by atoms with Gasteiger partial charge in [0.05, 0.1) is 5.60 Å². The van der Waals surface area contributed by atoms with E-state index in [1.807, 2.05) is 6.92 Å². The molecule has 2 saturated carbocycles. The van der Waals surface area contributed by atoms with Gasteiger partial charge in [0.25, 0.3) is 0 Å². The summed E-state index contributed by atoms with van der Waals surface area (Å²) in [6.07, 6.45) is 6.81. The molecule has 184 valence electrons. The zero-order valence-electron chi connectivity index (χ0n) is 20.1. The molecule has 3 unspecified atom stereocenters. The van der Waals surface area contributed by atoms with Crippen LogP contribution in [0.25, 0.3) is 0 Å². The standard InChI is InChI=1S/C26H33NO7/c1-14-11-15-12-26(13-25(15,3)34-4)10-7-18(29)24(2,22(14)26)9-8-19(30)27-20-17(28)6-5-16(21(20)31)23(32)33/h5-7,10,14-15,22,28,31H,8-9,11-13H2,1-4H3,(H,27,30)(H,32,33)/t14?,15?,22?,24-,25+,26+/m1/s1. The van der Waals surface area contributed by atoms with Crippen LogP contribution >= 0.6 is 0 Å². The molecule has 0 saturated heterocycles. The molecule has 1 aromatic carbocycles. The third-order valence-corrected chi connectivity index (χ3v) is 8.82. The topological polar surface area (TPSA) is 133 Å². The molecule has 0 heterocycles. The van der Waals surface area contributed by atoms with E-state index < -0.39 is 34.4 Å². The first-order chi connectivity index (χ1) is 15.9. The average Bonchev–Trinajstić information content (AvgIpc) is 2.99. The van der Waals surface area contributed by atoms with Crippen molar-refractivity contribution in [2.75, 3.05) is 12.4 Å². The van der Waals surface area contributed by atoms with Gasteiger partial charge in [-0.1, -0.05) is 19.9 Å². The van der Waals surface area contributed by atoms with Crippen LogP contribution in [0.4, 0.5) is 5.69 Å². The number of hydrogen-bond acceptors (Lipinski definition) is 6. The van der Waals surface area contributed by atoms with Crippen LogP contribution in [-0.4, -0.2) is 45.7 Å². The number of hydrogen-bond donors (Lipinski definition) is 4. The van der Waals surface area contributed by atoms with Crippen molar-refractivity contribution in [3.63, 3.8) is 0 Å². The number of ketones is 1. The van der Waals surface area contributed by atoms with Crippen LogP contribution in [0.1, 0.15) is 63.2 Å². The second-order valence-corrected chi connectivity index (χ2v) is 10.8. The molecule has 3 aliphatic rings. The van der Waals surface area contributed by atoms with E-state index in [0.29, 0.717) is 12.3 Å². The Morgan fingerprint density at radius 1 is 1.24 bits per heavy atom. The van der Waals surface area contributed by atoms with E-state index in [1.165, 1.54) is 0 Å². The Morgan fingerprint density at radius 2 is 1.94 bits per heavy atom. The predicted octanol–water partition coefficient (Wildman–Crippen LogP) is 4.12. The largest absolute Gasteiger partial charge is 0.506 e. The quantitative estimate of drug-likeness (QED) is 0.459. The molecule has 6 atom stereocenters. The van der Waals surface area contributed by atoms with E-state index in [4.69, 9.17) is 4.74 Å². The van der Waals surface area contributed by atoms with E-state index in [1.54, 1.807) is 13.2 Å². The fourth-order valence-electron chi connectivity index (χ4n) is 7.31. The number of allylic oxidation sites excluding steroid dienone is 2. The number of fused-ring (bicyclic) bond motifs is 1. The summed E-state index contributed by atoms with van der Waals surface area (Å²) in [4.78, 5) is 37.3. The maximum absolute atomic E-state index is 13.2. The number of carboxylic acid groups (broad SMARTS) is 1. The third kappa shape index (κ3) is 3.59. The van der Waals surface area contributed by atoms with Gasteiger partial charge in [0.15, 0.2) is 11.5 Å². The van der Waals surface area contributed by atoms with E-state index in [2.05, 4.69) is 25.2 Å². The third-order valence-electron chi connectivity index (χ3n) is 8.82. The Balaban J connectivity index is 1.56. The molecule has 2 bridgehead atoms. The van der Waals surface area contributed by atoms with E-state index >= 15 is 0 Å². The fraction of sp³-hybridized carbons (Fsp3) is 0.577. The van der Waals surface area contributed by atoms with E-state index in [9.17, 15) is 29.7 Å². The number of carbonyl (C=O) groups excluding carboxylic acids is 2. The Morgan fingerprint density at radius 3 is 2.59 bits per heavy atom. The minimum absolute atomic E-state index is 0.00538. The molecule has 0 aliphatic heterocycles. The van der Waals surface area contributed by atoms with E-state index in [-0.39, 0.29) is 40.7 Å². The second kappa shape index (κ2) is 8.12. The molecule has 3 aliphatic carbocycles. The Hall–Kier alpha value is -2.87. The summed E-state index contributed by atoms with van der Waals surface area (Å²) < 4.78 is 5.94. The van der Waals surface area contributed by atoms with Crippen LogP contribution in [0, 0.1) is 28.6 Å². The van der Waals surface area contributed by atoms with Crippen molar-refractivity contribution in [3.05, 3.63) is 29.8 Å². The van der Waals surface area contributed by atoms with Crippen molar-refractivity contribution in [1.29, 1.82) is 0 Å². The van der Waals surface area contributed by atoms with Gasteiger partial charge < -0.3 is 25.4 Å². The van der Waals surface area contributed by atoms with Gasteiger partial charge in [-0.3, -0.25) is 9.59 Å². The van der Waals surface area contributed by atoms with Crippen molar-refractivity contribution in [2.24, 2.45) is 28.6 Å². The maximum atomic E-state index is 13.2. The number of rotatable bonds is 6. The van der Waals surface area contributed by atoms with Gasteiger partial charge in [-0.25, -0.2) is 4.79 Å². The van der Waals surface area contributed by atoms with Crippen LogP contribution < -0.4 is 5.32 Å². The van der Waals surface area contributed by atoms with Gasteiger partial charge in [-0.2, -0.15) is 0 Å². The predicted molar refractivity (Wildman–Crippen MR) is 125 cm³/mol. The monoisotopic (exact) mass is 471 g/mol. The molecular weight excluding hydrogens is 438 g/mol. The summed E-state index contributed by atoms with van der Waals surface area (Å²) in [7, 11) is 1.75. The van der Waals surface area contributed by atoms with Gasteiger partial charge in [0.1, 0.15) is 17.0 Å². The lowest BCUT2D eigenvalue weighted by Crippen LogP contribution is -2.51. The highest BCUT2D eigenvalue weighted by molar-refractivity contribution is 6.00. The SMILES string of the molecule is CO[C@@]1(C)C[C@@]23C=CC(=O)[C@@](C)(CCC(=O)Nc4c(O)ccc(C(=O)O)c4O)C2C(C)CC1C3. The molecule has 1 aromatic rings. The number of carboxylic acids is 1. The number of carbonyl (C=O) groups is 3. The Labute approximate surface area is 199 Å². The highest BCUT2D eigenvalue weighted by Crippen LogP contribution is 2.68. The van der Waals surface area contributed by atoms with Gasteiger partial charge in [-0.05, 0) is 74.0 Å². The molecule has 1 spiro atoms. The highest BCUT2D eigenvalue weighted by Gasteiger charge is 2.65. The molecule has 8 heteroatoms. The number of ether oxygens (including phenoxy) is 1. The molecule has 34 heavy (non-hydrogen) atoms. The minimum atomic E-state index is -1.38. The number of benzene rings is 1. The lowest BCUT2D eigenvalue weighted by molar-refractivity contribution is -0.136. The zero-order chi connectivity index (χ0) is 25.1. The molecule has 4 rings (SSSR count). The number of phenolic OH excluding ortho intramolecular Hbond substituents is 1. The first kappa shape index (κ1) is 24.3. The van der Waals surface area contributed by atoms with Crippen LogP contribution in [0.2, 0.25) is 0 Å². The molecule has 2 fully saturated rings. The van der Waals surface area contributed by atoms with Crippen molar-refractivity contribution in [3.8, 4) is 11.5 Å². The molecule has 0 radical (unpaired) electrons. The first-order valence-electron chi connectivity index (χ1n) is 11.7. The number of methoxy groups -OCH3 is 1. The Bertz CT molecular complexity index is 1080. The van der Waals surface area contributed by atoms with Gasteiger partial charge >= 0.3 is 5.97 Å². The summed E-state index contributed by atoms with van der Waals surface area (Å²) in [5.74, 6) is -2.27. The summed E-state index contributed by atoms with van der Waals surface area (Å²) in [6.45, 7) is 6.28. The Kier molecular flexibility index (Phi) is 5.79. The normalized spacial score (nSPS) is 36.2. The van der Waals surface area contributed by atoms with E-state index in [0.717, 1.165) is 31.4 Å². The molecule has 4 N–H and O–H groups in total. The number of aromatic hydroxyl groups is 2.